The van der Waals surface area contributed by atoms with Crippen molar-refractivity contribution in [1.29, 1.82) is 0 Å². The molecule has 1 saturated heterocycles. The van der Waals surface area contributed by atoms with Crippen molar-refractivity contribution in [3.63, 3.8) is 0 Å². The van der Waals surface area contributed by atoms with Crippen molar-refractivity contribution in [3.8, 4) is 17.1 Å². The molecule has 4 N–H and O–H groups in total. The lowest BCUT2D eigenvalue weighted by Gasteiger charge is -2.22. The van der Waals surface area contributed by atoms with Gasteiger partial charge in [0.25, 0.3) is 0 Å². The number of hydrogen-bond donors (Lipinski definition) is 4. The highest BCUT2D eigenvalue weighted by atomic mass is 16.3. The van der Waals surface area contributed by atoms with Crippen molar-refractivity contribution in [2.45, 2.75) is 26.7 Å². The Balaban J connectivity index is 1.88. The molecule has 1 aliphatic heterocycles. The van der Waals surface area contributed by atoms with E-state index in [0.717, 1.165) is 48.5 Å². The molecule has 1 aromatic carbocycles. The Morgan fingerprint density at radius 2 is 2.11 bits per heavy atom. The van der Waals surface area contributed by atoms with Crippen molar-refractivity contribution in [3.05, 3.63) is 48.3 Å². The lowest BCUT2D eigenvalue weighted by molar-refractivity contribution is 0.455. The predicted molar refractivity (Wildman–Crippen MR) is 116 cm³/mol. The van der Waals surface area contributed by atoms with E-state index in [0.29, 0.717) is 23.1 Å². The fraction of sp³-hybridized carbons (Fsp3) is 0.364. The first kappa shape index (κ1) is 19.9. The molecule has 0 atom stereocenters. The zero-order valence-electron chi connectivity index (χ0n) is 16.8. The molecular formula is C22H29N5O. The van der Waals surface area contributed by atoms with Gasteiger partial charge in [-0.15, -0.1) is 0 Å². The van der Waals surface area contributed by atoms with Gasteiger partial charge >= 0.3 is 0 Å². The Morgan fingerprint density at radius 1 is 1.36 bits per heavy atom. The van der Waals surface area contributed by atoms with Gasteiger partial charge in [0.15, 0.2) is 5.82 Å². The second-order valence-electron chi connectivity index (χ2n) is 7.14. The molecule has 1 aromatic heterocycles. The SMILES string of the molecule is C=C/C(=C\NC)c1ccc(-c2nc(/N=C(\C)C3CCNCC3)c(C)[nH]2)c(O)c1. The number of phenols is 1. The summed E-state index contributed by atoms with van der Waals surface area (Å²) >= 11 is 0. The third-order valence-corrected chi connectivity index (χ3v) is 5.18. The van der Waals surface area contributed by atoms with Crippen LogP contribution in [0.15, 0.2) is 42.0 Å². The topological polar surface area (TPSA) is 85.3 Å². The third-order valence-electron chi connectivity index (χ3n) is 5.18. The summed E-state index contributed by atoms with van der Waals surface area (Å²) < 4.78 is 0. The standard InChI is InChI=1S/C22H29N5O/c1-5-16(13-23-4)18-6-7-19(20(28)12-18)22-26-15(3)21(27-22)25-14(2)17-8-10-24-11-9-17/h5-7,12-13,17,23-24,28H,1,8-11H2,2-4H3,(H,26,27)/b16-13+,25-14+. The molecule has 0 radical (unpaired) electrons. The number of phenolic OH excluding ortho intramolecular Hbond substituents is 1. The minimum atomic E-state index is 0.167. The number of nitrogens with zero attached hydrogens (tertiary/aromatic N) is 2. The third kappa shape index (κ3) is 4.34. The van der Waals surface area contributed by atoms with Gasteiger partial charge in [-0.2, -0.15) is 0 Å². The van der Waals surface area contributed by atoms with Crippen LogP contribution in [0.1, 0.15) is 31.0 Å². The van der Waals surface area contributed by atoms with Gasteiger partial charge < -0.3 is 20.7 Å². The van der Waals surface area contributed by atoms with Gasteiger partial charge in [0.05, 0.1) is 11.3 Å². The summed E-state index contributed by atoms with van der Waals surface area (Å²) in [5.74, 6) is 1.98. The number of rotatable bonds is 6. The van der Waals surface area contributed by atoms with Crippen LogP contribution in [0.2, 0.25) is 0 Å². The summed E-state index contributed by atoms with van der Waals surface area (Å²) in [5.41, 5.74) is 4.46. The van der Waals surface area contributed by atoms with E-state index in [2.05, 4.69) is 34.1 Å². The molecule has 2 aromatic rings. The predicted octanol–water partition coefficient (Wildman–Crippen LogP) is 3.93. The highest BCUT2D eigenvalue weighted by Crippen LogP contribution is 2.32. The Hall–Kier alpha value is -2.86. The second kappa shape index (κ2) is 8.89. The van der Waals surface area contributed by atoms with Crippen molar-refractivity contribution in [1.82, 2.24) is 20.6 Å². The minimum Gasteiger partial charge on any atom is -0.507 e. The molecule has 0 spiro atoms. The molecule has 3 rings (SSSR count). The first-order valence-electron chi connectivity index (χ1n) is 9.69. The minimum absolute atomic E-state index is 0.167. The van der Waals surface area contributed by atoms with E-state index in [9.17, 15) is 5.11 Å². The fourth-order valence-electron chi connectivity index (χ4n) is 3.51. The van der Waals surface area contributed by atoms with Crippen LogP contribution in [0, 0.1) is 12.8 Å². The van der Waals surface area contributed by atoms with Gasteiger partial charge in [0, 0.05) is 19.0 Å². The average Bonchev–Trinajstić information content (AvgIpc) is 3.06. The van der Waals surface area contributed by atoms with Crippen molar-refractivity contribution >= 4 is 17.1 Å². The number of imidazole rings is 1. The second-order valence-corrected chi connectivity index (χ2v) is 7.14. The van der Waals surface area contributed by atoms with Gasteiger partial charge in [-0.25, -0.2) is 9.98 Å². The van der Waals surface area contributed by atoms with E-state index >= 15 is 0 Å². The number of aliphatic imine (C=N–C) groups is 1. The first-order valence-corrected chi connectivity index (χ1v) is 9.69. The maximum absolute atomic E-state index is 10.6. The number of aryl methyl sites for hydroxylation is 1. The number of hydrogen-bond acceptors (Lipinski definition) is 5. The zero-order valence-corrected chi connectivity index (χ0v) is 16.8. The number of aromatic nitrogens is 2. The van der Waals surface area contributed by atoms with E-state index in [1.807, 2.05) is 32.3 Å². The van der Waals surface area contributed by atoms with Crippen LogP contribution in [-0.4, -0.2) is 40.9 Å². The molecule has 28 heavy (non-hydrogen) atoms. The summed E-state index contributed by atoms with van der Waals surface area (Å²) in [5, 5.41) is 16.9. The van der Waals surface area contributed by atoms with E-state index in [1.165, 1.54) is 0 Å². The molecular weight excluding hydrogens is 350 g/mol. The largest absolute Gasteiger partial charge is 0.507 e. The molecule has 0 aliphatic carbocycles. The lowest BCUT2D eigenvalue weighted by atomic mass is 9.94. The van der Waals surface area contributed by atoms with Gasteiger partial charge in [-0.1, -0.05) is 18.7 Å². The van der Waals surface area contributed by atoms with Crippen LogP contribution in [-0.2, 0) is 0 Å². The Labute approximate surface area is 166 Å². The van der Waals surface area contributed by atoms with E-state index in [-0.39, 0.29) is 5.75 Å². The Kier molecular flexibility index (Phi) is 6.31. The van der Waals surface area contributed by atoms with Gasteiger partial charge in [0.2, 0.25) is 0 Å². The molecule has 0 bridgehead atoms. The smallest absolute Gasteiger partial charge is 0.173 e. The van der Waals surface area contributed by atoms with Crippen LogP contribution in [0.3, 0.4) is 0 Å². The number of nitrogens with one attached hydrogen (secondary N) is 3. The molecule has 0 unspecified atom stereocenters. The zero-order chi connectivity index (χ0) is 20.1. The Morgan fingerprint density at radius 3 is 2.75 bits per heavy atom. The molecule has 0 amide bonds. The molecule has 2 heterocycles. The van der Waals surface area contributed by atoms with Crippen LogP contribution in [0.5, 0.6) is 5.75 Å². The molecule has 6 heteroatoms. The molecule has 6 nitrogen and oxygen atoms in total. The van der Waals surface area contributed by atoms with Crippen LogP contribution in [0.25, 0.3) is 17.0 Å². The number of H-pyrrole nitrogens is 1. The van der Waals surface area contributed by atoms with Crippen LogP contribution in [0.4, 0.5) is 5.82 Å². The normalized spacial score (nSPS) is 16.2. The summed E-state index contributed by atoms with van der Waals surface area (Å²) in [6, 6.07) is 5.53. The van der Waals surface area contributed by atoms with Crippen LogP contribution >= 0.6 is 0 Å². The highest BCUT2D eigenvalue weighted by molar-refractivity contribution is 5.87. The van der Waals surface area contributed by atoms with E-state index < -0.39 is 0 Å². The molecule has 148 valence electrons. The summed E-state index contributed by atoms with van der Waals surface area (Å²) in [6.45, 7) is 9.94. The summed E-state index contributed by atoms with van der Waals surface area (Å²) in [6.07, 6.45) is 5.81. The van der Waals surface area contributed by atoms with Crippen molar-refractivity contribution < 1.29 is 5.11 Å². The van der Waals surface area contributed by atoms with Crippen molar-refractivity contribution in [2.24, 2.45) is 10.9 Å². The maximum atomic E-state index is 10.6. The summed E-state index contributed by atoms with van der Waals surface area (Å²) in [4.78, 5) is 12.7. The Bertz CT molecular complexity index is 904. The number of piperidine rings is 1. The van der Waals surface area contributed by atoms with Crippen LogP contribution < -0.4 is 10.6 Å². The number of aromatic amines is 1. The van der Waals surface area contributed by atoms with Gasteiger partial charge in [-0.05, 0) is 69.0 Å². The van der Waals surface area contributed by atoms with E-state index in [1.54, 1.807) is 12.1 Å². The van der Waals surface area contributed by atoms with Gasteiger partial charge in [0.1, 0.15) is 11.6 Å². The molecule has 1 aliphatic rings. The van der Waals surface area contributed by atoms with Gasteiger partial charge in [-0.3, -0.25) is 0 Å². The highest BCUT2D eigenvalue weighted by Gasteiger charge is 2.18. The number of aromatic hydroxyl groups is 1. The maximum Gasteiger partial charge on any atom is 0.173 e. The quantitative estimate of drug-likeness (QED) is 0.453. The first-order chi connectivity index (χ1) is 13.5. The lowest BCUT2D eigenvalue weighted by Crippen LogP contribution is -2.30. The summed E-state index contributed by atoms with van der Waals surface area (Å²) in [7, 11) is 1.83. The average molecular weight is 380 g/mol. The monoisotopic (exact) mass is 379 g/mol. The van der Waals surface area contributed by atoms with E-state index in [4.69, 9.17) is 4.99 Å². The molecule has 1 fully saturated rings. The fourth-order valence-corrected chi connectivity index (χ4v) is 3.51. The molecule has 0 saturated carbocycles. The number of allylic oxidation sites excluding steroid dienone is 2. The number of benzene rings is 1. The van der Waals surface area contributed by atoms with Crippen molar-refractivity contribution in [2.75, 3.05) is 20.1 Å².